The number of hydrogen-bond donors (Lipinski definition) is 1. The molecule has 0 rings (SSSR count). The molecule has 0 atom stereocenters. The number of rotatable bonds is 13. The number of unbranched alkanes of at least 4 members (excludes halogenated alkanes) is 9. The van der Waals surface area contributed by atoms with E-state index in [1.54, 1.807) is 14.2 Å². The Morgan fingerprint density at radius 1 is 0.789 bits per heavy atom. The first-order chi connectivity index (χ1) is 9.31. The highest BCUT2D eigenvalue weighted by atomic mass is 16.5. The minimum Gasteiger partial charge on any atom is -0.450 e. The van der Waals surface area contributed by atoms with Gasteiger partial charge in [0, 0.05) is 20.8 Å². The molecular formula is C15H31NO3. The van der Waals surface area contributed by atoms with E-state index in [9.17, 15) is 4.79 Å². The van der Waals surface area contributed by atoms with Crippen molar-refractivity contribution in [1.82, 2.24) is 5.32 Å². The van der Waals surface area contributed by atoms with E-state index >= 15 is 0 Å². The topological polar surface area (TPSA) is 47.6 Å². The Morgan fingerprint density at radius 3 is 1.63 bits per heavy atom. The molecule has 19 heavy (non-hydrogen) atoms. The van der Waals surface area contributed by atoms with Crippen LogP contribution in [0.3, 0.4) is 0 Å². The van der Waals surface area contributed by atoms with Crippen LogP contribution in [-0.4, -0.2) is 33.5 Å². The summed E-state index contributed by atoms with van der Waals surface area (Å²) in [7, 11) is 3.34. The molecule has 4 heteroatoms. The molecule has 0 radical (unpaired) electrons. The zero-order valence-electron chi connectivity index (χ0n) is 12.7. The van der Waals surface area contributed by atoms with Gasteiger partial charge in [-0.15, -0.1) is 0 Å². The lowest BCUT2D eigenvalue weighted by atomic mass is 10.1. The molecule has 0 saturated heterocycles. The maximum absolute atomic E-state index is 10.8. The number of amides is 1. The molecule has 0 bridgehead atoms. The van der Waals surface area contributed by atoms with E-state index in [0.717, 1.165) is 19.4 Å². The summed E-state index contributed by atoms with van der Waals surface area (Å²) < 4.78 is 9.94. The molecule has 0 fully saturated rings. The summed E-state index contributed by atoms with van der Waals surface area (Å²) in [6, 6.07) is 0. The van der Waals surface area contributed by atoms with Crippen LogP contribution in [0.1, 0.15) is 64.2 Å². The SMILES string of the molecule is CNC(=O)OCCCCCCCCCCCCOC. The minimum absolute atomic E-state index is 0.325. The van der Waals surface area contributed by atoms with Crippen molar-refractivity contribution in [3.05, 3.63) is 0 Å². The van der Waals surface area contributed by atoms with Gasteiger partial charge >= 0.3 is 6.09 Å². The van der Waals surface area contributed by atoms with E-state index in [4.69, 9.17) is 9.47 Å². The Labute approximate surface area is 118 Å². The number of alkyl carbamates (subject to hydrolysis) is 1. The van der Waals surface area contributed by atoms with Crippen molar-refractivity contribution in [2.24, 2.45) is 0 Å². The fourth-order valence-electron chi connectivity index (χ4n) is 2.00. The van der Waals surface area contributed by atoms with Crippen LogP contribution in [0.15, 0.2) is 0 Å². The summed E-state index contributed by atoms with van der Waals surface area (Å²) in [5.74, 6) is 0. The zero-order valence-corrected chi connectivity index (χ0v) is 12.7. The van der Waals surface area contributed by atoms with Gasteiger partial charge < -0.3 is 14.8 Å². The second kappa shape index (κ2) is 15.3. The van der Waals surface area contributed by atoms with Gasteiger partial charge in [-0.3, -0.25) is 0 Å². The molecule has 0 aromatic rings. The van der Waals surface area contributed by atoms with Gasteiger partial charge in [0.25, 0.3) is 0 Å². The minimum atomic E-state index is -0.325. The van der Waals surface area contributed by atoms with Crippen molar-refractivity contribution in [3.63, 3.8) is 0 Å². The standard InChI is InChI=1S/C15H31NO3/c1-16-15(17)19-14-12-10-8-6-4-3-5-7-9-11-13-18-2/h3-14H2,1-2H3,(H,16,17). The molecule has 0 saturated carbocycles. The summed E-state index contributed by atoms with van der Waals surface area (Å²) in [6.07, 6.45) is 12.2. The van der Waals surface area contributed by atoms with Crippen LogP contribution >= 0.6 is 0 Å². The normalized spacial score (nSPS) is 10.4. The predicted octanol–water partition coefficient (Wildman–Crippen LogP) is 3.89. The highest BCUT2D eigenvalue weighted by Crippen LogP contribution is 2.10. The van der Waals surface area contributed by atoms with Crippen molar-refractivity contribution < 1.29 is 14.3 Å². The molecule has 0 heterocycles. The van der Waals surface area contributed by atoms with E-state index in [1.807, 2.05) is 0 Å². The molecule has 0 spiro atoms. The van der Waals surface area contributed by atoms with Gasteiger partial charge in [0.15, 0.2) is 0 Å². The average molecular weight is 273 g/mol. The molecule has 0 aromatic heterocycles. The second-order valence-corrected chi connectivity index (χ2v) is 4.91. The Kier molecular flexibility index (Phi) is 14.7. The summed E-state index contributed by atoms with van der Waals surface area (Å²) in [5, 5.41) is 2.44. The van der Waals surface area contributed by atoms with Crippen LogP contribution in [-0.2, 0) is 9.47 Å². The number of carbonyl (C=O) groups excluding carboxylic acids is 1. The van der Waals surface area contributed by atoms with Crippen molar-refractivity contribution in [2.75, 3.05) is 27.4 Å². The fourth-order valence-corrected chi connectivity index (χ4v) is 2.00. The van der Waals surface area contributed by atoms with Gasteiger partial charge in [0.1, 0.15) is 0 Å². The van der Waals surface area contributed by atoms with Crippen LogP contribution in [0.5, 0.6) is 0 Å². The molecule has 0 unspecified atom stereocenters. The number of ether oxygens (including phenoxy) is 2. The molecule has 0 aliphatic carbocycles. The molecular weight excluding hydrogens is 242 g/mol. The summed E-state index contributed by atoms with van der Waals surface area (Å²) in [6.45, 7) is 1.44. The van der Waals surface area contributed by atoms with Gasteiger partial charge in [0.05, 0.1) is 6.61 Å². The van der Waals surface area contributed by atoms with E-state index < -0.39 is 0 Å². The average Bonchev–Trinajstić information content (AvgIpc) is 2.43. The molecule has 0 aliphatic heterocycles. The number of carbonyl (C=O) groups is 1. The quantitative estimate of drug-likeness (QED) is 0.518. The highest BCUT2D eigenvalue weighted by molar-refractivity contribution is 5.66. The van der Waals surface area contributed by atoms with Crippen LogP contribution in [0, 0.1) is 0 Å². The lowest BCUT2D eigenvalue weighted by Gasteiger charge is -2.04. The van der Waals surface area contributed by atoms with Gasteiger partial charge in [-0.1, -0.05) is 51.4 Å². The summed E-state index contributed by atoms with van der Waals surface area (Å²) >= 11 is 0. The fraction of sp³-hybridized carbons (Fsp3) is 0.933. The lowest BCUT2D eigenvalue weighted by molar-refractivity contribution is 0.146. The van der Waals surface area contributed by atoms with Crippen molar-refractivity contribution in [3.8, 4) is 0 Å². The Hall–Kier alpha value is -0.770. The maximum atomic E-state index is 10.8. The van der Waals surface area contributed by atoms with E-state index in [1.165, 1.54) is 51.4 Å². The molecule has 1 amide bonds. The van der Waals surface area contributed by atoms with E-state index in [0.29, 0.717) is 6.61 Å². The predicted molar refractivity (Wildman–Crippen MR) is 78.5 cm³/mol. The monoisotopic (exact) mass is 273 g/mol. The van der Waals surface area contributed by atoms with Crippen molar-refractivity contribution >= 4 is 6.09 Å². The largest absolute Gasteiger partial charge is 0.450 e. The third-order valence-corrected chi connectivity index (χ3v) is 3.18. The molecule has 0 aromatic carbocycles. The van der Waals surface area contributed by atoms with Crippen LogP contribution in [0.25, 0.3) is 0 Å². The molecule has 0 aliphatic rings. The Morgan fingerprint density at radius 2 is 1.21 bits per heavy atom. The Bertz CT molecular complexity index is 198. The smallest absolute Gasteiger partial charge is 0.406 e. The van der Waals surface area contributed by atoms with Crippen LogP contribution in [0.4, 0.5) is 4.79 Å². The third-order valence-electron chi connectivity index (χ3n) is 3.18. The first-order valence-corrected chi connectivity index (χ1v) is 7.64. The van der Waals surface area contributed by atoms with E-state index in [2.05, 4.69) is 5.32 Å². The highest BCUT2D eigenvalue weighted by Gasteiger charge is 1.97. The summed E-state index contributed by atoms with van der Waals surface area (Å²) in [5.41, 5.74) is 0. The van der Waals surface area contributed by atoms with Crippen LogP contribution < -0.4 is 5.32 Å². The maximum Gasteiger partial charge on any atom is 0.406 e. The van der Waals surface area contributed by atoms with Crippen LogP contribution in [0.2, 0.25) is 0 Å². The first kappa shape index (κ1) is 18.2. The second-order valence-electron chi connectivity index (χ2n) is 4.91. The number of hydrogen-bond acceptors (Lipinski definition) is 3. The van der Waals surface area contributed by atoms with Gasteiger partial charge in [-0.25, -0.2) is 4.79 Å². The van der Waals surface area contributed by atoms with Crippen molar-refractivity contribution in [2.45, 2.75) is 64.2 Å². The van der Waals surface area contributed by atoms with Gasteiger partial charge in [0.2, 0.25) is 0 Å². The molecule has 114 valence electrons. The summed E-state index contributed by atoms with van der Waals surface area (Å²) in [4.78, 5) is 10.8. The Balaban J connectivity index is 2.97. The van der Waals surface area contributed by atoms with Gasteiger partial charge in [-0.2, -0.15) is 0 Å². The molecule has 4 nitrogen and oxygen atoms in total. The van der Waals surface area contributed by atoms with Crippen molar-refractivity contribution in [1.29, 1.82) is 0 Å². The van der Waals surface area contributed by atoms with Gasteiger partial charge in [-0.05, 0) is 12.8 Å². The van der Waals surface area contributed by atoms with E-state index in [-0.39, 0.29) is 6.09 Å². The number of methoxy groups -OCH3 is 1. The zero-order chi connectivity index (χ0) is 14.2. The number of nitrogens with one attached hydrogen (secondary N) is 1. The first-order valence-electron chi connectivity index (χ1n) is 7.64. The third kappa shape index (κ3) is 15.2. The lowest BCUT2D eigenvalue weighted by Crippen LogP contribution is -2.19. The molecule has 1 N–H and O–H groups in total.